The predicted molar refractivity (Wildman–Crippen MR) is 79.3 cm³/mol. The van der Waals surface area contributed by atoms with Crippen molar-refractivity contribution in [2.45, 2.75) is 45.5 Å². The van der Waals surface area contributed by atoms with Crippen molar-refractivity contribution in [2.24, 2.45) is 5.41 Å². The zero-order valence-corrected chi connectivity index (χ0v) is 13.3. The molecule has 0 fully saturated rings. The van der Waals surface area contributed by atoms with Gasteiger partial charge in [-0.15, -0.1) is 11.8 Å². The van der Waals surface area contributed by atoms with E-state index in [-0.39, 0.29) is 18.1 Å². The first kappa shape index (κ1) is 16.5. The van der Waals surface area contributed by atoms with Crippen molar-refractivity contribution >= 4 is 17.7 Å². The van der Waals surface area contributed by atoms with E-state index in [0.717, 1.165) is 6.54 Å². The van der Waals surface area contributed by atoms with Crippen molar-refractivity contribution in [1.82, 2.24) is 4.90 Å². The Morgan fingerprint density at radius 3 is 2.47 bits per heavy atom. The number of thioether (sulfide) groups is 1. The average molecular weight is 287 g/mol. The molecule has 0 aromatic carbocycles. The van der Waals surface area contributed by atoms with Crippen LogP contribution in [-0.4, -0.2) is 50.9 Å². The van der Waals surface area contributed by atoms with Gasteiger partial charge in [0.1, 0.15) is 0 Å². The molecule has 0 amide bonds. The Morgan fingerprint density at radius 2 is 2.11 bits per heavy atom. The third-order valence-corrected chi connectivity index (χ3v) is 5.04. The number of rotatable bonds is 5. The minimum absolute atomic E-state index is 0.0196. The molecular formula is C14H25NO3S. The van der Waals surface area contributed by atoms with Crippen LogP contribution in [0.2, 0.25) is 0 Å². The van der Waals surface area contributed by atoms with Gasteiger partial charge in [0, 0.05) is 11.8 Å². The third kappa shape index (κ3) is 3.15. The van der Waals surface area contributed by atoms with E-state index in [1.807, 2.05) is 13.0 Å². The predicted octanol–water partition coefficient (Wildman–Crippen LogP) is 2.19. The van der Waals surface area contributed by atoms with E-state index in [9.17, 15) is 9.90 Å². The van der Waals surface area contributed by atoms with Crippen molar-refractivity contribution in [3.8, 4) is 0 Å². The van der Waals surface area contributed by atoms with Gasteiger partial charge in [-0.3, -0.25) is 4.90 Å². The molecule has 0 bridgehead atoms. The summed E-state index contributed by atoms with van der Waals surface area (Å²) in [5.41, 5.74) is 0.418. The highest BCUT2D eigenvalue weighted by Crippen LogP contribution is 2.46. The van der Waals surface area contributed by atoms with Gasteiger partial charge < -0.3 is 10.2 Å². The summed E-state index contributed by atoms with van der Waals surface area (Å²) in [6.07, 6.45) is 1.89. The van der Waals surface area contributed by atoms with Gasteiger partial charge in [0.2, 0.25) is 0 Å². The molecule has 0 saturated carbocycles. The highest BCUT2D eigenvalue weighted by Gasteiger charge is 2.49. The molecule has 2 unspecified atom stereocenters. The normalized spacial score (nSPS) is 28.5. The average Bonchev–Trinajstić information content (AvgIpc) is 2.59. The smallest absolute Gasteiger partial charge is 0.334 e. The Kier molecular flexibility index (Phi) is 5.09. The van der Waals surface area contributed by atoms with Gasteiger partial charge in [-0.1, -0.05) is 33.8 Å². The lowest BCUT2D eigenvalue weighted by molar-refractivity contribution is -0.133. The number of carboxylic acid groups (broad SMARTS) is 1. The van der Waals surface area contributed by atoms with Crippen LogP contribution in [-0.2, 0) is 4.79 Å². The Bertz CT molecular complexity index is 375. The summed E-state index contributed by atoms with van der Waals surface area (Å²) in [5.74, 6) is -0.327. The Balaban J connectivity index is 3.19. The van der Waals surface area contributed by atoms with Crippen LogP contribution in [0.25, 0.3) is 0 Å². The molecule has 0 radical (unpaired) electrons. The molecule has 1 aliphatic heterocycles. The first-order valence-corrected chi connectivity index (χ1v) is 7.64. The molecule has 4 nitrogen and oxygen atoms in total. The standard InChI is InChI=1S/C14H25NO3S/c1-6-15-11(13(2,3)4)9-10(12(17)18)14(15,5)19-8-7-16/h9,11,16H,6-8H2,1-5H3,(H,17,18). The van der Waals surface area contributed by atoms with Gasteiger partial charge in [0.25, 0.3) is 0 Å². The fourth-order valence-electron chi connectivity index (χ4n) is 2.71. The molecule has 2 N–H and O–H groups in total. The van der Waals surface area contributed by atoms with E-state index >= 15 is 0 Å². The maximum atomic E-state index is 11.5. The summed E-state index contributed by atoms with van der Waals surface area (Å²) in [6.45, 7) is 11.2. The van der Waals surface area contributed by atoms with E-state index in [4.69, 9.17) is 5.11 Å². The van der Waals surface area contributed by atoms with E-state index < -0.39 is 10.8 Å². The zero-order chi connectivity index (χ0) is 14.8. The molecule has 110 valence electrons. The number of likely N-dealkylation sites (N-methyl/N-ethyl adjacent to an activating group) is 1. The molecule has 5 heteroatoms. The fourth-order valence-corrected chi connectivity index (χ4v) is 3.92. The van der Waals surface area contributed by atoms with Crippen molar-refractivity contribution in [3.63, 3.8) is 0 Å². The summed E-state index contributed by atoms with van der Waals surface area (Å²) in [5, 5.41) is 18.5. The molecule has 0 saturated heterocycles. The number of carboxylic acids is 1. The summed E-state index contributed by atoms with van der Waals surface area (Å²) in [6, 6.07) is 0.0970. The SMILES string of the molecule is CCN1C(C(C)(C)C)C=C(C(=O)O)C1(C)SCCO. The van der Waals surface area contributed by atoms with Crippen LogP contribution < -0.4 is 0 Å². The second kappa shape index (κ2) is 5.85. The minimum atomic E-state index is -0.863. The first-order chi connectivity index (χ1) is 8.68. The monoisotopic (exact) mass is 287 g/mol. The van der Waals surface area contributed by atoms with Crippen molar-refractivity contribution < 1.29 is 15.0 Å². The van der Waals surface area contributed by atoms with Crippen molar-refractivity contribution in [1.29, 1.82) is 0 Å². The number of hydrogen-bond acceptors (Lipinski definition) is 4. The van der Waals surface area contributed by atoms with Gasteiger partial charge in [-0.2, -0.15) is 0 Å². The summed E-state index contributed by atoms with van der Waals surface area (Å²) in [7, 11) is 0. The van der Waals surface area contributed by atoms with Gasteiger partial charge >= 0.3 is 5.97 Å². The fraction of sp³-hybridized carbons (Fsp3) is 0.786. The highest BCUT2D eigenvalue weighted by atomic mass is 32.2. The van der Waals surface area contributed by atoms with Crippen molar-refractivity contribution in [3.05, 3.63) is 11.6 Å². The van der Waals surface area contributed by atoms with Gasteiger partial charge in [0.05, 0.1) is 17.1 Å². The van der Waals surface area contributed by atoms with Crippen LogP contribution in [0.1, 0.15) is 34.6 Å². The maximum absolute atomic E-state index is 11.5. The van der Waals surface area contributed by atoms with E-state index in [0.29, 0.717) is 11.3 Å². The molecule has 0 aromatic heterocycles. The molecule has 0 aliphatic carbocycles. The van der Waals surface area contributed by atoms with Crippen LogP contribution in [0.4, 0.5) is 0 Å². The Labute approximate surface area is 119 Å². The molecule has 19 heavy (non-hydrogen) atoms. The number of carbonyl (C=O) groups is 1. The lowest BCUT2D eigenvalue weighted by atomic mass is 9.86. The molecule has 0 spiro atoms. The lowest BCUT2D eigenvalue weighted by Crippen LogP contribution is -2.50. The van der Waals surface area contributed by atoms with E-state index in [1.165, 1.54) is 11.8 Å². The quantitative estimate of drug-likeness (QED) is 0.811. The first-order valence-electron chi connectivity index (χ1n) is 6.65. The number of aliphatic carboxylic acids is 1. The largest absolute Gasteiger partial charge is 0.478 e. The van der Waals surface area contributed by atoms with Crippen LogP contribution in [0, 0.1) is 5.41 Å². The van der Waals surface area contributed by atoms with Crippen LogP contribution in [0.3, 0.4) is 0 Å². The molecule has 1 aliphatic rings. The number of aliphatic hydroxyl groups is 1. The van der Waals surface area contributed by atoms with Gasteiger partial charge in [-0.25, -0.2) is 4.79 Å². The second-order valence-electron chi connectivity index (χ2n) is 6.04. The Hall–Kier alpha value is -0.520. The molecule has 1 rings (SSSR count). The summed E-state index contributed by atoms with van der Waals surface area (Å²) >= 11 is 1.50. The third-order valence-electron chi connectivity index (χ3n) is 3.64. The topological polar surface area (TPSA) is 60.8 Å². The van der Waals surface area contributed by atoms with Crippen LogP contribution in [0.15, 0.2) is 11.6 Å². The number of hydrogen-bond donors (Lipinski definition) is 2. The molecule has 2 atom stereocenters. The van der Waals surface area contributed by atoms with Gasteiger partial charge in [-0.05, 0) is 18.9 Å². The summed E-state index contributed by atoms with van der Waals surface area (Å²) in [4.78, 5) is 13.2. The van der Waals surface area contributed by atoms with Gasteiger partial charge in [0.15, 0.2) is 0 Å². The minimum Gasteiger partial charge on any atom is -0.478 e. The van der Waals surface area contributed by atoms with E-state index in [2.05, 4.69) is 32.6 Å². The second-order valence-corrected chi connectivity index (χ2v) is 7.53. The number of nitrogens with zero attached hydrogens (tertiary/aromatic N) is 1. The Morgan fingerprint density at radius 1 is 1.53 bits per heavy atom. The molecule has 1 heterocycles. The van der Waals surface area contributed by atoms with E-state index in [1.54, 1.807) is 0 Å². The zero-order valence-electron chi connectivity index (χ0n) is 12.4. The molecule has 0 aromatic rings. The highest BCUT2D eigenvalue weighted by molar-refractivity contribution is 8.00. The van der Waals surface area contributed by atoms with Crippen LogP contribution in [0.5, 0.6) is 0 Å². The molecular weight excluding hydrogens is 262 g/mol. The lowest BCUT2D eigenvalue weighted by Gasteiger charge is -2.43. The maximum Gasteiger partial charge on any atom is 0.334 e. The summed E-state index contributed by atoms with van der Waals surface area (Å²) < 4.78 is 0. The van der Waals surface area contributed by atoms with Crippen LogP contribution >= 0.6 is 11.8 Å². The van der Waals surface area contributed by atoms with Crippen molar-refractivity contribution in [2.75, 3.05) is 18.9 Å². The number of aliphatic hydroxyl groups excluding tert-OH is 1.